The van der Waals surface area contributed by atoms with Crippen LogP contribution in [0.2, 0.25) is 0 Å². The van der Waals surface area contributed by atoms with Crippen LogP contribution in [0.3, 0.4) is 0 Å². The lowest BCUT2D eigenvalue weighted by Crippen LogP contribution is -2.51. The van der Waals surface area contributed by atoms with E-state index in [1.807, 2.05) is 40.6 Å². The second-order valence-corrected chi connectivity index (χ2v) is 9.59. The van der Waals surface area contributed by atoms with Crippen molar-refractivity contribution < 1.29 is 4.79 Å². The third kappa shape index (κ3) is 4.57. The number of hydrogen-bond donors (Lipinski definition) is 1. The van der Waals surface area contributed by atoms with Crippen molar-refractivity contribution in [3.8, 4) is 21.8 Å². The number of amides is 1. The Morgan fingerprint density at radius 3 is 2.52 bits per heavy atom. The van der Waals surface area contributed by atoms with Gasteiger partial charge < -0.3 is 9.80 Å². The normalized spacial score (nSPS) is 15.7. The van der Waals surface area contributed by atoms with Crippen LogP contribution in [0.15, 0.2) is 41.9 Å². The Bertz CT molecular complexity index is 1000. The van der Waals surface area contributed by atoms with Crippen LogP contribution in [0.5, 0.6) is 0 Å². The second-order valence-electron chi connectivity index (χ2n) is 8.73. The monoisotopic (exact) mass is 437 g/mol. The molecular formula is C24H31N5OS. The summed E-state index contributed by atoms with van der Waals surface area (Å²) >= 11 is 1.50. The van der Waals surface area contributed by atoms with Crippen molar-refractivity contribution in [3.05, 3.63) is 47.6 Å². The topological polar surface area (TPSA) is 65.1 Å². The van der Waals surface area contributed by atoms with E-state index in [1.165, 1.54) is 11.3 Å². The van der Waals surface area contributed by atoms with Gasteiger partial charge in [0.1, 0.15) is 10.7 Å². The van der Waals surface area contributed by atoms with Gasteiger partial charge in [0.15, 0.2) is 0 Å². The smallest absolute Gasteiger partial charge is 0.273 e. The Labute approximate surface area is 188 Å². The second kappa shape index (κ2) is 9.32. The number of aromatic nitrogens is 3. The van der Waals surface area contributed by atoms with Crippen molar-refractivity contribution >= 4 is 17.2 Å². The fourth-order valence-electron chi connectivity index (χ4n) is 4.40. The lowest BCUT2D eigenvalue weighted by atomic mass is 10.00. The third-order valence-corrected chi connectivity index (χ3v) is 6.94. The van der Waals surface area contributed by atoms with Crippen LogP contribution in [-0.2, 0) is 0 Å². The Hall–Kier alpha value is -2.51. The summed E-state index contributed by atoms with van der Waals surface area (Å²) in [6.45, 7) is 10.8. The Balaban J connectivity index is 1.55. The summed E-state index contributed by atoms with van der Waals surface area (Å²) in [6.07, 6.45) is 3.81. The Kier molecular flexibility index (Phi) is 6.53. The van der Waals surface area contributed by atoms with Crippen molar-refractivity contribution in [2.45, 2.75) is 58.7 Å². The fourth-order valence-corrected chi connectivity index (χ4v) is 5.21. The number of piperidine rings is 1. The molecule has 3 heterocycles. The molecule has 4 rings (SSSR count). The Morgan fingerprint density at radius 2 is 1.87 bits per heavy atom. The van der Waals surface area contributed by atoms with Crippen molar-refractivity contribution in [3.63, 3.8) is 0 Å². The van der Waals surface area contributed by atoms with Crippen LogP contribution in [0.25, 0.3) is 21.8 Å². The molecule has 31 heavy (non-hydrogen) atoms. The maximum Gasteiger partial charge on any atom is 0.273 e. The molecule has 0 atom stereocenters. The highest BCUT2D eigenvalue weighted by atomic mass is 32.1. The van der Waals surface area contributed by atoms with Gasteiger partial charge in [0, 0.05) is 42.2 Å². The van der Waals surface area contributed by atoms with Crippen LogP contribution in [0.1, 0.15) is 51.0 Å². The van der Waals surface area contributed by atoms with Crippen LogP contribution in [-0.4, -0.2) is 62.1 Å². The Morgan fingerprint density at radius 1 is 1.16 bits per heavy atom. The maximum absolute atomic E-state index is 13.5. The van der Waals surface area contributed by atoms with Crippen molar-refractivity contribution in [2.24, 2.45) is 0 Å². The van der Waals surface area contributed by atoms with Crippen LogP contribution in [0.4, 0.5) is 0 Å². The molecule has 1 aliphatic rings. The lowest BCUT2D eigenvalue weighted by Gasteiger charge is -2.41. The van der Waals surface area contributed by atoms with E-state index < -0.39 is 0 Å². The molecule has 164 valence electrons. The number of benzene rings is 1. The van der Waals surface area contributed by atoms with Gasteiger partial charge in [-0.2, -0.15) is 5.10 Å². The summed E-state index contributed by atoms with van der Waals surface area (Å²) < 4.78 is 0. The number of hydrogen-bond acceptors (Lipinski definition) is 5. The molecule has 7 heteroatoms. The van der Waals surface area contributed by atoms with E-state index in [1.54, 1.807) is 6.20 Å². The number of H-pyrrole nitrogens is 1. The van der Waals surface area contributed by atoms with Crippen LogP contribution >= 0.6 is 11.3 Å². The number of aromatic amines is 1. The highest BCUT2D eigenvalue weighted by Crippen LogP contribution is 2.33. The first kappa shape index (κ1) is 21.7. The zero-order valence-corrected chi connectivity index (χ0v) is 19.5. The molecule has 0 spiro atoms. The molecule has 0 unspecified atom stereocenters. The number of carbonyl (C=O) groups is 1. The van der Waals surface area contributed by atoms with Crippen molar-refractivity contribution in [1.82, 2.24) is 25.0 Å². The van der Waals surface area contributed by atoms with Gasteiger partial charge in [-0.1, -0.05) is 30.3 Å². The molecule has 0 aliphatic carbocycles. The zero-order chi connectivity index (χ0) is 22.0. The van der Waals surface area contributed by atoms with Gasteiger partial charge >= 0.3 is 0 Å². The number of nitrogens with zero attached hydrogens (tertiary/aromatic N) is 4. The summed E-state index contributed by atoms with van der Waals surface area (Å²) in [4.78, 5) is 22.7. The quantitative estimate of drug-likeness (QED) is 0.594. The number of nitrogens with one attached hydrogen (secondary N) is 1. The van der Waals surface area contributed by atoms with Crippen LogP contribution in [0, 0.1) is 0 Å². The minimum Gasteiger partial charge on any atom is -0.332 e. The predicted molar refractivity (Wildman–Crippen MR) is 126 cm³/mol. The molecule has 1 aromatic carbocycles. The highest BCUT2D eigenvalue weighted by molar-refractivity contribution is 7.13. The van der Waals surface area contributed by atoms with E-state index in [2.05, 4.69) is 42.8 Å². The first-order valence-corrected chi connectivity index (χ1v) is 11.9. The van der Waals surface area contributed by atoms with E-state index in [0.717, 1.165) is 47.8 Å². The number of likely N-dealkylation sites (tertiary alicyclic amines) is 1. The molecule has 1 amide bonds. The van der Waals surface area contributed by atoms with E-state index in [9.17, 15) is 4.79 Å². The van der Waals surface area contributed by atoms with Crippen molar-refractivity contribution in [2.75, 3.05) is 13.1 Å². The molecule has 0 saturated carbocycles. The van der Waals surface area contributed by atoms with Crippen LogP contribution < -0.4 is 0 Å². The fraction of sp³-hybridized carbons (Fsp3) is 0.458. The van der Waals surface area contributed by atoms with Gasteiger partial charge in [-0.3, -0.25) is 9.89 Å². The molecule has 0 bridgehead atoms. The molecule has 1 fully saturated rings. The van der Waals surface area contributed by atoms with Gasteiger partial charge in [-0.05, 0) is 40.5 Å². The summed E-state index contributed by atoms with van der Waals surface area (Å²) in [7, 11) is 0. The number of carbonyl (C=O) groups excluding carboxylic acids is 1. The van der Waals surface area contributed by atoms with Gasteiger partial charge in [0.2, 0.25) is 0 Å². The molecule has 1 aliphatic heterocycles. The largest absolute Gasteiger partial charge is 0.332 e. The zero-order valence-electron chi connectivity index (χ0n) is 18.7. The molecule has 0 radical (unpaired) electrons. The third-order valence-electron chi connectivity index (χ3n) is 6.07. The lowest BCUT2D eigenvalue weighted by molar-refractivity contribution is 0.0449. The molecule has 2 aromatic heterocycles. The summed E-state index contributed by atoms with van der Waals surface area (Å²) in [5, 5.41) is 10.0. The molecule has 3 aromatic rings. The summed E-state index contributed by atoms with van der Waals surface area (Å²) in [5.41, 5.74) is 3.44. The van der Waals surface area contributed by atoms with Gasteiger partial charge in [0.05, 0.1) is 17.5 Å². The minimum atomic E-state index is 0.0326. The average Bonchev–Trinajstić information content (AvgIpc) is 3.44. The van der Waals surface area contributed by atoms with E-state index in [4.69, 9.17) is 4.98 Å². The summed E-state index contributed by atoms with van der Waals surface area (Å²) in [6, 6.07) is 11.0. The molecule has 1 N–H and O–H groups in total. The van der Waals surface area contributed by atoms with Crippen molar-refractivity contribution in [1.29, 1.82) is 0 Å². The van der Waals surface area contributed by atoms with E-state index in [-0.39, 0.29) is 18.0 Å². The first-order valence-electron chi connectivity index (χ1n) is 11.1. The predicted octanol–water partition coefficient (Wildman–Crippen LogP) is 4.92. The number of thiazole rings is 1. The average molecular weight is 438 g/mol. The SMILES string of the molecule is CC(C)N1CCC(N(C(=O)c2csc(-c3cn[nH]c3-c3ccccc3)n2)C(C)C)CC1. The molecule has 6 nitrogen and oxygen atoms in total. The van der Waals surface area contributed by atoms with E-state index >= 15 is 0 Å². The standard InChI is InChI=1S/C24H31N5OS/c1-16(2)28-12-10-19(11-13-28)29(17(3)4)24(30)21-15-31-23(26-21)20-14-25-27-22(20)18-8-6-5-7-9-18/h5-9,14-17,19H,10-13H2,1-4H3,(H,25,27). The highest BCUT2D eigenvalue weighted by Gasteiger charge is 2.32. The van der Waals surface area contributed by atoms with E-state index in [0.29, 0.717) is 11.7 Å². The molecule has 1 saturated heterocycles. The number of rotatable bonds is 6. The van der Waals surface area contributed by atoms with Gasteiger partial charge in [-0.15, -0.1) is 11.3 Å². The van der Waals surface area contributed by atoms with Gasteiger partial charge in [-0.25, -0.2) is 4.98 Å². The maximum atomic E-state index is 13.5. The minimum absolute atomic E-state index is 0.0326. The first-order chi connectivity index (χ1) is 15.0. The summed E-state index contributed by atoms with van der Waals surface area (Å²) in [5.74, 6) is 0.0326. The van der Waals surface area contributed by atoms with Gasteiger partial charge in [0.25, 0.3) is 5.91 Å². The molecular weight excluding hydrogens is 406 g/mol.